The van der Waals surface area contributed by atoms with Gasteiger partial charge in [0.05, 0.1) is 11.4 Å². The first-order valence-electron chi connectivity index (χ1n) is 12.8. The number of anilines is 8. The van der Waals surface area contributed by atoms with Crippen LogP contribution in [0.4, 0.5) is 46.3 Å². The van der Waals surface area contributed by atoms with E-state index in [1.54, 1.807) is 0 Å². The molecule has 40 heavy (non-hydrogen) atoms. The molecule has 6 rings (SSSR count). The van der Waals surface area contributed by atoms with Crippen LogP contribution in [-0.2, 0) is 0 Å². The third-order valence-electron chi connectivity index (χ3n) is 6.95. The van der Waals surface area contributed by atoms with Crippen LogP contribution in [0.15, 0.2) is 97.1 Å². The Bertz CT molecular complexity index is 1580. The van der Waals surface area contributed by atoms with Crippen molar-refractivity contribution in [1.82, 2.24) is 15.0 Å². The van der Waals surface area contributed by atoms with Gasteiger partial charge in [-0.15, -0.1) is 0 Å². The highest BCUT2D eigenvalue weighted by atomic mass is 35.5. The van der Waals surface area contributed by atoms with Gasteiger partial charge in [-0.2, -0.15) is 0 Å². The highest BCUT2D eigenvalue weighted by molar-refractivity contribution is 6.30. The normalized spacial score (nSPS) is 12.9. The molecule has 4 heterocycles. The number of halogens is 1. The number of nitrogens with zero attached hydrogens (tertiary/aromatic N) is 7. The van der Waals surface area contributed by atoms with Crippen molar-refractivity contribution in [3.63, 3.8) is 0 Å². The molecule has 0 radical (unpaired) electrons. The maximum absolute atomic E-state index is 6.57. The molecule has 0 fully saturated rings. The van der Waals surface area contributed by atoms with Crippen molar-refractivity contribution < 1.29 is 4.74 Å². The lowest BCUT2D eigenvalue weighted by atomic mass is 10.2. The second-order valence-electron chi connectivity index (χ2n) is 9.48. The number of hydrogen-bond donors (Lipinski definition) is 0. The Kier molecular flexibility index (Phi) is 6.61. The minimum Gasteiger partial charge on any atom is -0.453 e. The second kappa shape index (κ2) is 10.4. The van der Waals surface area contributed by atoms with Crippen LogP contribution >= 0.6 is 11.6 Å². The van der Waals surface area contributed by atoms with Crippen molar-refractivity contribution in [1.29, 1.82) is 0 Å². The molecule has 0 saturated carbocycles. The van der Waals surface area contributed by atoms with E-state index in [-0.39, 0.29) is 0 Å². The molecule has 5 aromatic rings. The van der Waals surface area contributed by atoms with Crippen molar-refractivity contribution in [2.75, 3.05) is 47.8 Å². The van der Waals surface area contributed by atoms with E-state index < -0.39 is 0 Å². The van der Waals surface area contributed by atoms with Crippen LogP contribution in [0.2, 0.25) is 5.02 Å². The van der Waals surface area contributed by atoms with E-state index in [1.807, 2.05) is 145 Å². The maximum Gasteiger partial charge on any atom is 0.174 e. The summed E-state index contributed by atoms with van der Waals surface area (Å²) in [6.07, 6.45) is 0. The largest absolute Gasteiger partial charge is 0.453 e. The Labute approximate surface area is 238 Å². The lowest BCUT2D eigenvalue weighted by Gasteiger charge is -2.29. The predicted molar refractivity (Wildman–Crippen MR) is 163 cm³/mol. The van der Waals surface area contributed by atoms with Crippen LogP contribution in [0, 0.1) is 0 Å². The molecule has 1 aliphatic rings. The number of benzene rings is 2. The smallest absolute Gasteiger partial charge is 0.174 e. The van der Waals surface area contributed by atoms with Gasteiger partial charge in [0, 0.05) is 33.2 Å². The molecule has 2 aromatic carbocycles. The van der Waals surface area contributed by atoms with Gasteiger partial charge in [0.25, 0.3) is 0 Å². The summed E-state index contributed by atoms with van der Waals surface area (Å²) in [5, 5.41) is 0.645. The van der Waals surface area contributed by atoms with Crippen molar-refractivity contribution in [3.05, 3.63) is 102 Å². The Morgan fingerprint density at radius 2 is 0.825 bits per heavy atom. The Balaban J connectivity index is 1.58. The quantitative estimate of drug-likeness (QED) is 0.222. The third kappa shape index (κ3) is 4.74. The van der Waals surface area contributed by atoms with Crippen molar-refractivity contribution >= 4 is 57.9 Å². The molecule has 0 N–H and O–H groups in total. The minimum absolute atomic E-state index is 0.645. The summed E-state index contributed by atoms with van der Waals surface area (Å²) in [5.41, 5.74) is 1.68. The zero-order valence-corrected chi connectivity index (χ0v) is 23.4. The molecule has 8 bridgehead atoms. The molecule has 0 spiro atoms. The van der Waals surface area contributed by atoms with E-state index in [4.69, 9.17) is 31.3 Å². The summed E-state index contributed by atoms with van der Waals surface area (Å²) in [6, 6.07) is 31.2. The number of aromatic nitrogens is 3. The molecule has 0 aliphatic carbocycles. The Hall–Kier alpha value is -4.82. The molecule has 0 amide bonds. The summed E-state index contributed by atoms with van der Waals surface area (Å²) < 4.78 is 6.57. The zero-order chi connectivity index (χ0) is 27.8. The van der Waals surface area contributed by atoms with Gasteiger partial charge >= 0.3 is 0 Å². The number of ether oxygens (including phenoxy) is 1. The van der Waals surface area contributed by atoms with Gasteiger partial charge in [0.15, 0.2) is 5.75 Å². The van der Waals surface area contributed by atoms with Gasteiger partial charge in [-0.3, -0.25) is 0 Å². The first kappa shape index (κ1) is 25.5. The highest BCUT2D eigenvalue weighted by Crippen LogP contribution is 2.44. The molecule has 200 valence electrons. The summed E-state index contributed by atoms with van der Waals surface area (Å²) in [7, 11) is 7.89. The average Bonchev–Trinajstić information content (AvgIpc) is 3.00. The first-order valence-corrected chi connectivity index (χ1v) is 13.2. The first-order chi connectivity index (χ1) is 19.4. The molecule has 0 atom stereocenters. The van der Waals surface area contributed by atoms with Gasteiger partial charge in [0.2, 0.25) is 0 Å². The summed E-state index contributed by atoms with van der Waals surface area (Å²) in [5.74, 6) is 5.90. The van der Waals surface area contributed by atoms with E-state index in [9.17, 15) is 0 Å². The van der Waals surface area contributed by atoms with Gasteiger partial charge in [0.1, 0.15) is 40.7 Å². The Morgan fingerprint density at radius 3 is 1.23 bits per heavy atom. The fraction of sp³-hybridized carbons (Fsp3) is 0.129. The van der Waals surface area contributed by atoms with Crippen LogP contribution in [0.25, 0.3) is 0 Å². The topological polar surface area (TPSA) is 60.9 Å². The maximum atomic E-state index is 6.57. The monoisotopic (exact) mass is 549 g/mol. The molecule has 1 aliphatic heterocycles. The molecular weight excluding hydrogens is 522 g/mol. The van der Waals surface area contributed by atoms with Gasteiger partial charge in [-0.05, 0) is 72.8 Å². The number of para-hydroxylation sites is 1. The van der Waals surface area contributed by atoms with Gasteiger partial charge < -0.3 is 24.3 Å². The van der Waals surface area contributed by atoms with Gasteiger partial charge in [-0.1, -0.05) is 35.9 Å². The Morgan fingerprint density at radius 1 is 0.475 bits per heavy atom. The van der Waals surface area contributed by atoms with Crippen molar-refractivity contribution in [2.24, 2.45) is 0 Å². The molecular formula is C31H28ClN7O. The molecule has 8 nitrogen and oxygen atoms in total. The fourth-order valence-corrected chi connectivity index (χ4v) is 4.73. The summed E-state index contributed by atoms with van der Waals surface area (Å²) in [6.45, 7) is 0. The third-order valence-corrected chi connectivity index (χ3v) is 7.20. The minimum atomic E-state index is 0.645. The lowest BCUT2D eigenvalue weighted by Crippen LogP contribution is -2.20. The van der Waals surface area contributed by atoms with Crippen LogP contribution in [0.1, 0.15) is 0 Å². The van der Waals surface area contributed by atoms with Crippen LogP contribution < -0.4 is 24.3 Å². The standard InChI is InChI=1S/C31H28ClN7O/c1-36-23-9-5-10-24(31(23)40-22-19-17-21(32)18-20-22)37(2)26-12-7-14-28(34-26)39(4)30-16-8-15-29(35-30)38(3)27-13-6-11-25(36)33-27/h5-20H,1-4H3. The second-order valence-corrected chi connectivity index (χ2v) is 9.92. The zero-order valence-electron chi connectivity index (χ0n) is 22.7. The van der Waals surface area contributed by atoms with E-state index in [2.05, 4.69) is 0 Å². The molecule has 0 unspecified atom stereocenters. The molecule has 9 heteroatoms. The van der Waals surface area contributed by atoms with Crippen molar-refractivity contribution in [3.8, 4) is 11.5 Å². The predicted octanol–water partition coefficient (Wildman–Crippen LogP) is 7.70. The summed E-state index contributed by atoms with van der Waals surface area (Å²) >= 11 is 6.16. The van der Waals surface area contributed by atoms with E-state index >= 15 is 0 Å². The number of hydrogen-bond acceptors (Lipinski definition) is 8. The number of rotatable bonds is 2. The number of pyridine rings is 3. The van der Waals surface area contributed by atoms with Crippen molar-refractivity contribution in [2.45, 2.75) is 0 Å². The SMILES string of the molecule is CN1c2cccc(n2)N(C)c2cccc(n2)N(C)c2cccc(c2Oc2ccc(Cl)cc2)N(C)c2cccc1n2. The summed E-state index contributed by atoms with van der Waals surface area (Å²) in [4.78, 5) is 22.9. The fourth-order valence-electron chi connectivity index (χ4n) is 4.61. The number of fused-ring (bicyclic) bond motifs is 8. The average molecular weight is 550 g/mol. The van der Waals surface area contributed by atoms with E-state index in [1.165, 1.54) is 0 Å². The molecule has 0 saturated heterocycles. The molecule has 3 aromatic heterocycles. The van der Waals surface area contributed by atoms with Crippen LogP contribution in [0.5, 0.6) is 11.5 Å². The van der Waals surface area contributed by atoms with Crippen LogP contribution in [-0.4, -0.2) is 43.1 Å². The van der Waals surface area contributed by atoms with Gasteiger partial charge in [-0.25, -0.2) is 15.0 Å². The van der Waals surface area contributed by atoms with E-state index in [0.717, 1.165) is 46.3 Å². The van der Waals surface area contributed by atoms with Crippen LogP contribution in [0.3, 0.4) is 0 Å². The van der Waals surface area contributed by atoms with E-state index in [0.29, 0.717) is 16.5 Å². The highest BCUT2D eigenvalue weighted by Gasteiger charge is 2.22. The lowest BCUT2D eigenvalue weighted by molar-refractivity contribution is 0.484.